The SMILES string of the molecule is Fc1c(Br)cc(SC(F)(F)F)cc1Br. The second-order valence-electron chi connectivity index (χ2n) is 2.25. The minimum atomic E-state index is -4.36. The van der Waals surface area contributed by atoms with Crippen molar-refractivity contribution in [1.29, 1.82) is 0 Å². The molecule has 0 radical (unpaired) electrons. The summed E-state index contributed by atoms with van der Waals surface area (Å²) in [5.74, 6) is -0.614. The quantitative estimate of drug-likeness (QED) is 0.390. The van der Waals surface area contributed by atoms with Crippen LogP contribution in [-0.4, -0.2) is 5.51 Å². The van der Waals surface area contributed by atoms with E-state index in [1.807, 2.05) is 0 Å². The van der Waals surface area contributed by atoms with Crippen LogP contribution in [0.2, 0.25) is 0 Å². The fourth-order valence-corrected chi connectivity index (χ4v) is 2.84. The molecule has 0 unspecified atom stereocenters. The molecule has 0 N–H and O–H groups in total. The van der Waals surface area contributed by atoms with E-state index in [9.17, 15) is 17.6 Å². The highest BCUT2D eigenvalue weighted by atomic mass is 79.9. The Morgan fingerprint density at radius 2 is 1.50 bits per heavy atom. The highest BCUT2D eigenvalue weighted by molar-refractivity contribution is 9.11. The zero-order valence-corrected chi connectivity index (χ0v) is 10.3. The lowest BCUT2D eigenvalue weighted by atomic mass is 10.3. The lowest BCUT2D eigenvalue weighted by Crippen LogP contribution is -1.99. The fourth-order valence-electron chi connectivity index (χ4n) is 0.725. The average molecular weight is 354 g/mol. The van der Waals surface area contributed by atoms with E-state index in [-0.39, 0.29) is 25.6 Å². The smallest absolute Gasteiger partial charge is 0.205 e. The Balaban J connectivity index is 3.02. The van der Waals surface area contributed by atoms with Crippen LogP contribution in [0.25, 0.3) is 0 Å². The summed E-state index contributed by atoms with van der Waals surface area (Å²) in [6.45, 7) is 0. The van der Waals surface area contributed by atoms with E-state index in [2.05, 4.69) is 31.9 Å². The molecule has 1 aromatic rings. The summed E-state index contributed by atoms with van der Waals surface area (Å²) in [5, 5.41) is 0. The molecule has 0 heterocycles. The zero-order valence-electron chi connectivity index (χ0n) is 6.33. The second kappa shape index (κ2) is 4.40. The summed E-state index contributed by atoms with van der Waals surface area (Å²) in [6, 6.07) is 2.16. The largest absolute Gasteiger partial charge is 0.446 e. The van der Waals surface area contributed by atoms with E-state index in [1.165, 1.54) is 0 Å². The lowest BCUT2D eigenvalue weighted by Gasteiger charge is -2.07. The van der Waals surface area contributed by atoms with Crippen molar-refractivity contribution < 1.29 is 17.6 Å². The van der Waals surface area contributed by atoms with Gasteiger partial charge in [0.2, 0.25) is 0 Å². The Kier molecular flexibility index (Phi) is 3.87. The molecular weight excluding hydrogens is 352 g/mol. The zero-order chi connectivity index (χ0) is 10.9. The number of hydrogen-bond acceptors (Lipinski definition) is 1. The summed E-state index contributed by atoms with van der Waals surface area (Å²) in [4.78, 5) is -0.0716. The third kappa shape index (κ3) is 3.43. The molecule has 0 aliphatic rings. The van der Waals surface area contributed by atoms with Crippen LogP contribution in [0.15, 0.2) is 26.0 Å². The van der Waals surface area contributed by atoms with Crippen molar-refractivity contribution in [2.75, 3.05) is 0 Å². The van der Waals surface area contributed by atoms with E-state index in [0.717, 1.165) is 12.1 Å². The van der Waals surface area contributed by atoms with E-state index < -0.39 is 11.3 Å². The Morgan fingerprint density at radius 3 is 1.86 bits per heavy atom. The molecule has 14 heavy (non-hydrogen) atoms. The van der Waals surface area contributed by atoms with Crippen molar-refractivity contribution in [3.05, 3.63) is 26.9 Å². The van der Waals surface area contributed by atoms with Gasteiger partial charge in [-0.15, -0.1) is 0 Å². The molecular formula is C7H2Br2F4S. The Bertz CT molecular complexity index is 327. The summed E-state index contributed by atoms with van der Waals surface area (Å²) in [6.07, 6.45) is 0. The van der Waals surface area contributed by atoms with Gasteiger partial charge in [0.1, 0.15) is 0 Å². The third-order valence-corrected chi connectivity index (χ3v) is 3.05. The Morgan fingerprint density at radius 1 is 1.07 bits per heavy atom. The molecule has 0 aliphatic carbocycles. The van der Waals surface area contributed by atoms with Crippen molar-refractivity contribution >= 4 is 43.6 Å². The van der Waals surface area contributed by atoms with Gasteiger partial charge in [0, 0.05) is 4.90 Å². The van der Waals surface area contributed by atoms with Gasteiger partial charge < -0.3 is 0 Å². The molecule has 0 nitrogen and oxygen atoms in total. The molecule has 0 amide bonds. The maximum absolute atomic E-state index is 13.0. The highest BCUT2D eigenvalue weighted by Gasteiger charge is 2.29. The fraction of sp³-hybridized carbons (Fsp3) is 0.143. The minimum absolute atomic E-state index is 0.00127. The first kappa shape index (κ1) is 12.3. The van der Waals surface area contributed by atoms with Crippen molar-refractivity contribution in [3.63, 3.8) is 0 Å². The molecule has 0 bridgehead atoms. The van der Waals surface area contributed by atoms with Gasteiger partial charge >= 0.3 is 5.51 Å². The molecule has 0 aliphatic heterocycles. The van der Waals surface area contributed by atoms with E-state index in [0.29, 0.717) is 0 Å². The number of halogens is 6. The number of thioether (sulfide) groups is 1. The number of benzene rings is 1. The lowest BCUT2D eigenvalue weighted by molar-refractivity contribution is -0.0328. The molecule has 0 fully saturated rings. The van der Waals surface area contributed by atoms with E-state index >= 15 is 0 Å². The summed E-state index contributed by atoms with van der Waals surface area (Å²) >= 11 is 5.35. The predicted octanol–water partition coefficient (Wildman–Crippen LogP) is 4.96. The van der Waals surface area contributed by atoms with Crippen LogP contribution >= 0.6 is 43.6 Å². The van der Waals surface area contributed by atoms with E-state index in [4.69, 9.17) is 0 Å². The molecule has 78 valence electrons. The molecule has 0 saturated heterocycles. The van der Waals surface area contributed by atoms with Gasteiger partial charge in [-0.3, -0.25) is 0 Å². The Hall–Kier alpha value is 0.250. The van der Waals surface area contributed by atoms with Gasteiger partial charge in [0.25, 0.3) is 0 Å². The van der Waals surface area contributed by atoms with Gasteiger partial charge in [-0.1, -0.05) is 0 Å². The highest BCUT2D eigenvalue weighted by Crippen LogP contribution is 2.39. The first-order valence-corrected chi connectivity index (χ1v) is 5.60. The summed E-state index contributed by atoms with van der Waals surface area (Å²) < 4.78 is 48.8. The molecule has 0 aromatic heterocycles. The maximum Gasteiger partial charge on any atom is 0.446 e. The molecule has 7 heteroatoms. The van der Waals surface area contributed by atoms with Gasteiger partial charge in [-0.2, -0.15) is 13.2 Å². The Labute approximate surface area is 98.3 Å². The van der Waals surface area contributed by atoms with E-state index in [1.54, 1.807) is 0 Å². The van der Waals surface area contributed by atoms with Crippen LogP contribution in [0.3, 0.4) is 0 Å². The van der Waals surface area contributed by atoms with Crippen LogP contribution in [0.4, 0.5) is 17.6 Å². The van der Waals surface area contributed by atoms with Crippen molar-refractivity contribution in [3.8, 4) is 0 Å². The average Bonchev–Trinajstić information content (AvgIpc) is 1.96. The van der Waals surface area contributed by atoms with Crippen molar-refractivity contribution in [2.45, 2.75) is 10.4 Å². The number of alkyl halides is 3. The molecule has 0 spiro atoms. The van der Waals surface area contributed by atoms with Crippen LogP contribution in [0.5, 0.6) is 0 Å². The van der Waals surface area contributed by atoms with Gasteiger partial charge in [0.15, 0.2) is 5.82 Å². The van der Waals surface area contributed by atoms with Crippen LogP contribution in [0.1, 0.15) is 0 Å². The minimum Gasteiger partial charge on any atom is -0.205 e. The molecule has 1 rings (SSSR count). The number of hydrogen-bond donors (Lipinski definition) is 0. The second-order valence-corrected chi connectivity index (χ2v) is 5.10. The summed E-state index contributed by atoms with van der Waals surface area (Å²) in [7, 11) is 0. The molecule has 1 aromatic carbocycles. The molecule has 0 saturated carbocycles. The topological polar surface area (TPSA) is 0 Å². The van der Waals surface area contributed by atoms with Crippen LogP contribution < -0.4 is 0 Å². The number of rotatable bonds is 1. The van der Waals surface area contributed by atoms with Crippen molar-refractivity contribution in [2.24, 2.45) is 0 Å². The third-order valence-electron chi connectivity index (χ3n) is 1.19. The maximum atomic E-state index is 13.0. The van der Waals surface area contributed by atoms with Gasteiger partial charge in [0.05, 0.1) is 8.95 Å². The monoisotopic (exact) mass is 352 g/mol. The summed E-state index contributed by atoms with van der Waals surface area (Å²) in [5.41, 5.74) is -4.36. The first-order chi connectivity index (χ1) is 6.29. The molecule has 0 atom stereocenters. The van der Waals surface area contributed by atoms with Gasteiger partial charge in [-0.25, -0.2) is 4.39 Å². The predicted molar refractivity (Wildman–Crippen MR) is 53.7 cm³/mol. The van der Waals surface area contributed by atoms with Crippen molar-refractivity contribution in [1.82, 2.24) is 0 Å². The first-order valence-electron chi connectivity index (χ1n) is 3.20. The van der Waals surface area contributed by atoms with Crippen LogP contribution in [-0.2, 0) is 0 Å². The van der Waals surface area contributed by atoms with Gasteiger partial charge in [-0.05, 0) is 55.8 Å². The standard InChI is InChI=1S/C7H2Br2F4S/c8-4-1-3(14-7(11,12)13)2-5(9)6(4)10/h1-2H. The normalized spacial score (nSPS) is 11.9. The van der Waals surface area contributed by atoms with Crippen LogP contribution in [0, 0.1) is 5.82 Å².